The maximum absolute atomic E-state index is 12.1. The molecule has 18 heavy (non-hydrogen) atoms. The molecule has 1 unspecified atom stereocenters. The Bertz CT molecular complexity index is 240. The maximum atomic E-state index is 12.1. The number of hydrogen-bond donors (Lipinski definition) is 0. The fourth-order valence-corrected chi connectivity index (χ4v) is 2.44. The molecule has 0 aliphatic rings. The van der Waals surface area contributed by atoms with E-state index in [-0.39, 0.29) is 17.6 Å². The highest BCUT2D eigenvalue weighted by Crippen LogP contribution is 2.23. The summed E-state index contributed by atoms with van der Waals surface area (Å²) in [6, 6.07) is 0. The third kappa shape index (κ3) is 9.68. The van der Waals surface area contributed by atoms with Gasteiger partial charge in [0.1, 0.15) is 10.9 Å². The molecule has 0 aliphatic carbocycles. The lowest BCUT2D eigenvalue weighted by molar-refractivity contribution is -0.154. The van der Waals surface area contributed by atoms with Crippen LogP contribution in [0.15, 0.2) is 0 Å². The molecule has 1 atom stereocenters. The fraction of sp³-hybridized carbons (Fsp3) is 0.923. The molecule has 0 N–H and O–H groups in total. The number of ether oxygens (including phenoxy) is 1. The molecule has 0 amide bonds. The summed E-state index contributed by atoms with van der Waals surface area (Å²) in [5.41, 5.74) is -0.523. The van der Waals surface area contributed by atoms with Gasteiger partial charge in [-0.15, -0.1) is 11.8 Å². The second kappa shape index (κ2) is 8.73. The molecule has 0 aliphatic heterocycles. The molecule has 0 bridgehead atoms. The molecule has 0 aromatic rings. The van der Waals surface area contributed by atoms with Crippen LogP contribution in [0.1, 0.15) is 53.4 Å². The van der Waals surface area contributed by atoms with E-state index in [1.54, 1.807) is 0 Å². The number of thioether (sulfide) groups is 1. The number of esters is 1. The molecule has 0 rings (SSSR count). The van der Waals surface area contributed by atoms with Crippen LogP contribution in [-0.2, 0) is 9.53 Å². The summed E-state index contributed by atoms with van der Waals surface area (Å²) in [4.78, 5) is 11.9. The highest BCUT2D eigenvalue weighted by molar-refractivity contribution is 8.00. The Morgan fingerprint density at radius 1 is 1.28 bits per heavy atom. The molecule has 0 saturated heterocycles. The highest BCUT2D eigenvalue weighted by atomic mass is 32.2. The summed E-state index contributed by atoms with van der Waals surface area (Å²) in [5, 5.41) is -0.317. The van der Waals surface area contributed by atoms with Gasteiger partial charge in [0.05, 0.1) is 0 Å². The van der Waals surface area contributed by atoms with Crippen molar-refractivity contribution < 1.29 is 18.3 Å². The van der Waals surface area contributed by atoms with Crippen molar-refractivity contribution in [1.29, 1.82) is 0 Å². The second-order valence-corrected chi connectivity index (χ2v) is 6.53. The SMILES string of the molecule is CCCCC(SCCC(F)F)C(=O)OC(C)(C)C. The summed E-state index contributed by atoms with van der Waals surface area (Å²) in [5.74, 6) is 0.0147. The zero-order valence-electron chi connectivity index (χ0n) is 11.7. The average Bonchev–Trinajstić information content (AvgIpc) is 2.19. The third-order valence-electron chi connectivity index (χ3n) is 2.14. The molecule has 2 nitrogen and oxygen atoms in total. The first-order chi connectivity index (χ1) is 8.26. The summed E-state index contributed by atoms with van der Waals surface area (Å²) >= 11 is 1.28. The fourth-order valence-electron chi connectivity index (χ4n) is 1.33. The van der Waals surface area contributed by atoms with Gasteiger partial charge in [-0.2, -0.15) is 0 Å². The lowest BCUT2D eigenvalue weighted by Crippen LogP contribution is -2.30. The van der Waals surface area contributed by atoms with Crippen LogP contribution in [0.25, 0.3) is 0 Å². The largest absolute Gasteiger partial charge is 0.459 e. The van der Waals surface area contributed by atoms with Gasteiger partial charge in [0.25, 0.3) is 0 Å². The Morgan fingerprint density at radius 2 is 1.89 bits per heavy atom. The van der Waals surface area contributed by atoms with E-state index in [1.165, 1.54) is 11.8 Å². The number of alkyl halides is 2. The quantitative estimate of drug-likeness (QED) is 0.622. The predicted molar refractivity (Wildman–Crippen MR) is 72.2 cm³/mol. The third-order valence-corrected chi connectivity index (χ3v) is 3.45. The van der Waals surface area contributed by atoms with E-state index < -0.39 is 12.0 Å². The van der Waals surface area contributed by atoms with Crippen LogP contribution in [0, 0.1) is 0 Å². The highest BCUT2D eigenvalue weighted by Gasteiger charge is 2.25. The topological polar surface area (TPSA) is 26.3 Å². The number of carbonyl (C=O) groups is 1. The van der Waals surface area contributed by atoms with Crippen LogP contribution in [-0.4, -0.2) is 29.0 Å². The van der Waals surface area contributed by atoms with Gasteiger partial charge in [-0.05, 0) is 32.9 Å². The number of halogens is 2. The minimum atomic E-state index is -2.30. The normalized spacial score (nSPS) is 13.7. The van der Waals surface area contributed by atoms with Crippen molar-refractivity contribution in [2.75, 3.05) is 5.75 Å². The Hall–Kier alpha value is -0.320. The molecule has 0 saturated carbocycles. The van der Waals surface area contributed by atoms with Gasteiger partial charge in [0, 0.05) is 6.42 Å². The lowest BCUT2D eigenvalue weighted by atomic mass is 10.1. The van der Waals surface area contributed by atoms with Crippen molar-refractivity contribution in [2.24, 2.45) is 0 Å². The second-order valence-electron chi connectivity index (χ2n) is 5.21. The van der Waals surface area contributed by atoms with E-state index in [1.807, 2.05) is 27.7 Å². The van der Waals surface area contributed by atoms with Crippen LogP contribution in [0.2, 0.25) is 0 Å². The van der Waals surface area contributed by atoms with Crippen molar-refractivity contribution in [3.8, 4) is 0 Å². The monoisotopic (exact) mass is 282 g/mol. The summed E-state index contributed by atoms with van der Waals surface area (Å²) < 4.78 is 29.5. The summed E-state index contributed by atoms with van der Waals surface area (Å²) in [7, 11) is 0. The van der Waals surface area contributed by atoms with Crippen LogP contribution in [0.3, 0.4) is 0 Å². The van der Waals surface area contributed by atoms with E-state index in [2.05, 4.69) is 0 Å². The first kappa shape index (κ1) is 17.7. The minimum absolute atomic E-state index is 0.171. The Kier molecular flexibility index (Phi) is 8.57. The lowest BCUT2D eigenvalue weighted by Gasteiger charge is -2.23. The number of rotatable bonds is 8. The van der Waals surface area contributed by atoms with Crippen molar-refractivity contribution >= 4 is 17.7 Å². The van der Waals surface area contributed by atoms with Gasteiger partial charge >= 0.3 is 5.97 Å². The van der Waals surface area contributed by atoms with E-state index in [0.717, 1.165) is 12.8 Å². The molecular weight excluding hydrogens is 258 g/mol. The van der Waals surface area contributed by atoms with Crippen molar-refractivity contribution in [1.82, 2.24) is 0 Å². The maximum Gasteiger partial charge on any atom is 0.319 e. The number of carbonyl (C=O) groups excluding carboxylic acids is 1. The number of unbranched alkanes of at least 4 members (excludes halogenated alkanes) is 1. The van der Waals surface area contributed by atoms with Gasteiger partial charge in [0.15, 0.2) is 0 Å². The molecule has 0 spiro atoms. The van der Waals surface area contributed by atoms with Crippen molar-refractivity contribution in [3.63, 3.8) is 0 Å². The van der Waals surface area contributed by atoms with E-state index in [0.29, 0.717) is 12.2 Å². The smallest absolute Gasteiger partial charge is 0.319 e. The van der Waals surface area contributed by atoms with Crippen molar-refractivity contribution in [2.45, 2.75) is 70.7 Å². The van der Waals surface area contributed by atoms with Gasteiger partial charge in [-0.25, -0.2) is 8.78 Å². The van der Waals surface area contributed by atoms with Crippen LogP contribution < -0.4 is 0 Å². The van der Waals surface area contributed by atoms with Gasteiger partial charge in [-0.3, -0.25) is 4.79 Å². The Labute approximate surface area is 113 Å². The average molecular weight is 282 g/mol. The zero-order valence-corrected chi connectivity index (χ0v) is 12.5. The Balaban J connectivity index is 4.24. The zero-order chi connectivity index (χ0) is 14.2. The molecule has 5 heteroatoms. The van der Waals surface area contributed by atoms with Crippen LogP contribution in [0.5, 0.6) is 0 Å². The van der Waals surface area contributed by atoms with Gasteiger partial charge in [-0.1, -0.05) is 19.8 Å². The predicted octanol–water partition coefficient (Wildman–Crippen LogP) is 4.28. The Morgan fingerprint density at radius 3 is 2.33 bits per heavy atom. The van der Waals surface area contributed by atoms with Crippen LogP contribution in [0.4, 0.5) is 8.78 Å². The molecule has 0 aromatic carbocycles. The summed E-state index contributed by atoms with van der Waals surface area (Å²) in [6.07, 6.45) is 0.110. The van der Waals surface area contributed by atoms with E-state index in [4.69, 9.17) is 4.74 Å². The van der Waals surface area contributed by atoms with Gasteiger partial charge in [0.2, 0.25) is 6.43 Å². The van der Waals surface area contributed by atoms with Crippen molar-refractivity contribution in [3.05, 3.63) is 0 Å². The van der Waals surface area contributed by atoms with E-state index >= 15 is 0 Å². The molecule has 108 valence electrons. The first-order valence-electron chi connectivity index (χ1n) is 6.39. The summed E-state index contributed by atoms with van der Waals surface area (Å²) in [6.45, 7) is 7.47. The molecular formula is C13H24F2O2S. The minimum Gasteiger partial charge on any atom is -0.459 e. The molecule has 0 radical (unpaired) electrons. The molecule has 0 fully saturated rings. The van der Waals surface area contributed by atoms with Gasteiger partial charge < -0.3 is 4.74 Å². The molecule has 0 heterocycles. The van der Waals surface area contributed by atoms with E-state index in [9.17, 15) is 13.6 Å². The molecule has 0 aromatic heterocycles. The number of hydrogen-bond acceptors (Lipinski definition) is 3. The standard InChI is InChI=1S/C13H24F2O2S/c1-5-6-7-10(18-9-8-11(14)15)12(16)17-13(2,3)4/h10-11H,5-9H2,1-4H3. The van der Waals surface area contributed by atoms with Crippen LogP contribution >= 0.6 is 11.8 Å². The first-order valence-corrected chi connectivity index (χ1v) is 7.43.